The zero-order valence-corrected chi connectivity index (χ0v) is 15.8. The van der Waals surface area contributed by atoms with Crippen LogP contribution in [0.5, 0.6) is 11.5 Å². The Morgan fingerprint density at radius 3 is 2.41 bits per heavy atom. The topological polar surface area (TPSA) is 84.9 Å². The molecule has 1 saturated heterocycles. The Bertz CT molecular complexity index is 709. The molecular weight excluding hydrogens is 348 g/mol. The summed E-state index contributed by atoms with van der Waals surface area (Å²) in [7, 11) is 1.54. The van der Waals surface area contributed by atoms with Crippen LogP contribution in [0.4, 0.5) is 5.69 Å². The molecule has 0 radical (unpaired) electrons. The van der Waals surface area contributed by atoms with Crippen LogP contribution in [0.3, 0.4) is 0 Å². The first-order chi connectivity index (χ1) is 13.0. The summed E-state index contributed by atoms with van der Waals surface area (Å²) < 4.78 is 10.7. The predicted octanol–water partition coefficient (Wildman–Crippen LogP) is 2.60. The molecule has 1 aliphatic heterocycles. The minimum atomic E-state index is -0.253. The molecule has 0 aromatic heterocycles. The third-order valence-electron chi connectivity index (χ3n) is 5.24. The van der Waals surface area contributed by atoms with Gasteiger partial charge in [0.15, 0.2) is 11.5 Å². The monoisotopic (exact) mass is 374 g/mol. The maximum Gasteiger partial charge on any atom is 0.233 e. The number of likely N-dealkylation sites (tertiary alicyclic amines) is 1. The van der Waals surface area contributed by atoms with Crippen molar-refractivity contribution in [3.63, 3.8) is 0 Å². The zero-order valence-electron chi connectivity index (χ0n) is 15.8. The number of anilines is 1. The van der Waals surface area contributed by atoms with Crippen LogP contribution >= 0.6 is 0 Å². The number of imide groups is 1. The second-order valence-corrected chi connectivity index (χ2v) is 6.92. The number of hydrogen-bond donors (Lipinski definition) is 1. The molecule has 0 spiro atoms. The third-order valence-corrected chi connectivity index (χ3v) is 5.24. The van der Waals surface area contributed by atoms with Gasteiger partial charge in [-0.05, 0) is 31.9 Å². The second kappa shape index (κ2) is 8.41. The first-order valence-corrected chi connectivity index (χ1v) is 9.51. The number of nitrogens with one attached hydrogen (secondary N) is 1. The van der Waals surface area contributed by atoms with E-state index in [1.807, 2.05) is 6.92 Å². The van der Waals surface area contributed by atoms with Crippen molar-refractivity contribution in [2.45, 2.75) is 39.0 Å². The van der Waals surface area contributed by atoms with E-state index in [-0.39, 0.29) is 42.5 Å². The molecule has 2 fully saturated rings. The lowest BCUT2D eigenvalue weighted by atomic mass is 9.81. The van der Waals surface area contributed by atoms with Gasteiger partial charge in [-0.3, -0.25) is 19.3 Å². The fourth-order valence-corrected chi connectivity index (χ4v) is 3.91. The van der Waals surface area contributed by atoms with Gasteiger partial charge in [-0.2, -0.15) is 0 Å². The van der Waals surface area contributed by atoms with E-state index in [9.17, 15) is 14.4 Å². The van der Waals surface area contributed by atoms with E-state index in [1.165, 1.54) is 12.0 Å². The molecule has 1 aromatic carbocycles. The van der Waals surface area contributed by atoms with Gasteiger partial charge in [0.25, 0.3) is 0 Å². The molecule has 0 unspecified atom stereocenters. The highest BCUT2D eigenvalue weighted by molar-refractivity contribution is 6.05. The minimum Gasteiger partial charge on any atom is -0.493 e. The summed E-state index contributed by atoms with van der Waals surface area (Å²) in [5.74, 6) is 0.309. The van der Waals surface area contributed by atoms with Gasteiger partial charge in [0.2, 0.25) is 17.7 Å². The summed E-state index contributed by atoms with van der Waals surface area (Å²) in [5.41, 5.74) is 0.577. The third kappa shape index (κ3) is 4.07. The Morgan fingerprint density at radius 1 is 1.15 bits per heavy atom. The average Bonchev–Trinajstić information content (AvgIpc) is 2.92. The van der Waals surface area contributed by atoms with Crippen molar-refractivity contribution < 1.29 is 23.9 Å². The number of benzene rings is 1. The summed E-state index contributed by atoms with van der Waals surface area (Å²) in [4.78, 5) is 38.4. The molecule has 1 N–H and O–H groups in total. The number of methoxy groups -OCH3 is 1. The first kappa shape index (κ1) is 19.2. The highest BCUT2D eigenvalue weighted by Crippen LogP contribution is 2.38. The van der Waals surface area contributed by atoms with Crippen LogP contribution in [0.1, 0.15) is 39.0 Å². The van der Waals surface area contributed by atoms with Gasteiger partial charge in [0.05, 0.1) is 25.6 Å². The maximum atomic E-state index is 12.4. The predicted molar refractivity (Wildman–Crippen MR) is 99.6 cm³/mol. The van der Waals surface area contributed by atoms with E-state index >= 15 is 0 Å². The SMILES string of the molecule is CCOc1ccc(NC(=O)CCN2C(=O)[C@H]3CCCC[C@@H]3C2=O)cc1OC. The molecule has 1 heterocycles. The molecular formula is C20H26N2O5. The Kier molecular flexibility index (Phi) is 5.98. The van der Waals surface area contributed by atoms with Crippen LogP contribution in [0.15, 0.2) is 18.2 Å². The summed E-state index contributed by atoms with van der Waals surface area (Å²) in [6, 6.07) is 5.14. The highest BCUT2D eigenvalue weighted by Gasteiger charge is 2.47. The lowest BCUT2D eigenvalue weighted by molar-refractivity contribution is -0.140. The van der Waals surface area contributed by atoms with Crippen molar-refractivity contribution in [2.75, 3.05) is 25.6 Å². The molecule has 0 bridgehead atoms. The average molecular weight is 374 g/mol. The Balaban J connectivity index is 1.57. The van der Waals surface area contributed by atoms with Gasteiger partial charge >= 0.3 is 0 Å². The number of carbonyl (C=O) groups is 3. The van der Waals surface area contributed by atoms with Crippen LogP contribution in [0.25, 0.3) is 0 Å². The van der Waals surface area contributed by atoms with Gasteiger partial charge in [0, 0.05) is 24.7 Å². The van der Waals surface area contributed by atoms with Gasteiger partial charge in [-0.15, -0.1) is 0 Å². The summed E-state index contributed by atoms with van der Waals surface area (Å²) >= 11 is 0. The van der Waals surface area contributed by atoms with Crippen molar-refractivity contribution in [3.05, 3.63) is 18.2 Å². The molecule has 1 saturated carbocycles. The molecule has 2 atom stereocenters. The maximum absolute atomic E-state index is 12.4. The molecule has 3 rings (SSSR count). The molecule has 27 heavy (non-hydrogen) atoms. The first-order valence-electron chi connectivity index (χ1n) is 9.51. The lowest BCUT2D eigenvalue weighted by Crippen LogP contribution is -2.34. The van der Waals surface area contributed by atoms with Gasteiger partial charge in [-0.1, -0.05) is 12.8 Å². The number of nitrogens with zero attached hydrogens (tertiary/aromatic N) is 1. The Morgan fingerprint density at radius 2 is 1.81 bits per heavy atom. The van der Waals surface area contributed by atoms with Gasteiger partial charge in [-0.25, -0.2) is 0 Å². The fraction of sp³-hybridized carbons (Fsp3) is 0.550. The quantitative estimate of drug-likeness (QED) is 0.742. The van der Waals surface area contributed by atoms with Crippen molar-refractivity contribution in [1.29, 1.82) is 0 Å². The minimum absolute atomic E-state index is 0.0758. The molecule has 7 nitrogen and oxygen atoms in total. The van der Waals surface area contributed by atoms with Crippen LogP contribution in [-0.4, -0.2) is 42.9 Å². The summed E-state index contributed by atoms with van der Waals surface area (Å²) in [5, 5.41) is 2.78. The van der Waals surface area contributed by atoms with E-state index in [4.69, 9.17) is 9.47 Å². The van der Waals surface area contributed by atoms with E-state index in [0.717, 1.165) is 25.7 Å². The largest absolute Gasteiger partial charge is 0.493 e. The molecule has 3 amide bonds. The van der Waals surface area contributed by atoms with E-state index in [1.54, 1.807) is 18.2 Å². The number of rotatable bonds is 7. The number of carbonyl (C=O) groups excluding carboxylic acids is 3. The van der Waals surface area contributed by atoms with Crippen molar-refractivity contribution in [3.8, 4) is 11.5 Å². The smallest absolute Gasteiger partial charge is 0.233 e. The van der Waals surface area contributed by atoms with Crippen molar-refractivity contribution in [1.82, 2.24) is 4.90 Å². The standard InChI is InChI=1S/C20H26N2O5/c1-3-27-16-9-8-13(12-17(16)26-2)21-18(23)10-11-22-19(24)14-6-4-5-7-15(14)20(22)25/h8-9,12,14-15H,3-7,10-11H2,1-2H3,(H,21,23)/t14-,15-/m0/s1. The van der Waals surface area contributed by atoms with E-state index < -0.39 is 0 Å². The summed E-state index contributed by atoms with van der Waals surface area (Å²) in [6.45, 7) is 2.53. The number of fused-ring (bicyclic) bond motifs is 1. The van der Waals surface area contributed by atoms with Gasteiger partial charge in [0.1, 0.15) is 0 Å². The van der Waals surface area contributed by atoms with Crippen LogP contribution < -0.4 is 14.8 Å². The lowest BCUT2D eigenvalue weighted by Gasteiger charge is -2.19. The molecule has 1 aliphatic carbocycles. The fourth-order valence-electron chi connectivity index (χ4n) is 3.91. The van der Waals surface area contributed by atoms with Crippen molar-refractivity contribution >= 4 is 23.4 Å². The summed E-state index contributed by atoms with van der Waals surface area (Å²) in [6.07, 6.45) is 3.63. The van der Waals surface area contributed by atoms with Crippen LogP contribution in [0, 0.1) is 11.8 Å². The molecule has 1 aromatic rings. The van der Waals surface area contributed by atoms with E-state index in [2.05, 4.69) is 5.32 Å². The highest BCUT2D eigenvalue weighted by atomic mass is 16.5. The van der Waals surface area contributed by atoms with Gasteiger partial charge < -0.3 is 14.8 Å². The van der Waals surface area contributed by atoms with Crippen LogP contribution in [0.2, 0.25) is 0 Å². The number of amides is 3. The Labute approximate surface area is 159 Å². The molecule has 7 heteroatoms. The van der Waals surface area contributed by atoms with Crippen molar-refractivity contribution in [2.24, 2.45) is 11.8 Å². The second-order valence-electron chi connectivity index (χ2n) is 6.92. The number of ether oxygens (including phenoxy) is 2. The molecule has 146 valence electrons. The zero-order chi connectivity index (χ0) is 19.4. The normalized spacial score (nSPS) is 21.8. The molecule has 2 aliphatic rings. The van der Waals surface area contributed by atoms with Crippen LogP contribution in [-0.2, 0) is 14.4 Å². The number of hydrogen-bond acceptors (Lipinski definition) is 5. The Hall–Kier alpha value is -2.57. The van der Waals surface area contributed by atoms with E-state index in [0.29, 0.717) is 23.8 Å².